The molecule has 4 nitrogen and oxygen atoms in total. The molecule has 5 heteroatoms. The molecule has 0 fully saturated rings. The van der Waals surface area contributed by atoms with Gasteiger partial charge in [0.05, 0.1) is 12.6 Å². The van der Waals surface area contributed by atoms with Gasteiger partial charge < -0.3 is 4.74 Å². The summed E-state index contributed by atoms with van der Waals surface area (Å²) in [5.41, 5.74) is 1.57. The van der Waals surface area contributed by atoms with Crippen molar-refractivity contribution in [2.24, 2.45) is 0 Å². The Balaban J connectivity index is 1.74. The number of thiazole rings is 1. The number of aromatic nitrogens is 2. The predicted molar refractivity (Wildman–Crippen MR) is 85.6 cm³/mol. The third-order valence-corrected chi connectivity index (χ3v) is 3.97. The Labute approximate surface area is 132 Å². The molecular formula is C17H14N2O2S. The number of pyridine rings is 1. The first-order valence-electron chi connectivity index (χ1n) is 6.83. The molecule has 1 aromatic carbocycles. The molecule has 0 saturated carbocycles. The molecule has 0 amide bonds. The van der Waals surface area contributed by atoms with Crippen LogP contribution in [0.3, 0.4) is 0 Å². The van der Waals surface area contributed by atoms with Gasteiger partial charge in [-0.25, -0.2) is 4.98 Å². The van der Waals surface area contributed by atoms with E-state index in [1.807, 2.05) is 30.5 Å². The summed E-state index contributed by atoms with van der Waals surface area (Å²) in [6, 6.07) is 10.8. The number of Topliss-reactive ketones (excluding diaryl/α,β-unsaturated/α-hetero) is 1. The van der Waals surface area contributed by atoms with E-state index >= 15 is 0 Å². The minimum Gasteiger partial charge on any atom is -0.456 e. The maximum Gasteiger partial charge on any atom is 0.169 e. The number of hydrogen-bond acceptors (Lipinski definition) is 5. The van der Waals surface area contributed by atoms with E-state index < -0.39 is 0 Å². The van der Waals surface area contributed by atoms with E-state index in [-0.39, 0.29) is 5.78 Å². The van der Waals surface area contributed by atoms with Gasteiger partial charge >= 0.3 is 0 Å². The van der Waals surface area contributed by atoms with Crippen LogP contribution in [-0.4, -0.2) is 15.8 Å². The van der Waals surface area contributed by atoms with E-state index in [0.717, 1.165) is 10.7 Å². The van der Waals surface area contributed by atoms with Gasteiger partial charge in [0.15, 0.2) is 5.78 Å². The number of benzene rings is 1. The number of hydrogen-bond donors (Lipinski definition) is 0. The van der Waals surface area contributed by atoms with Gasteiger partial charge in [0, 0.05) is 22.8 Å². The molecule has 0 N–H and O–H groups in total. The lowest BCUT2D eigenvalue weighted by Crippen LogP contribution is -2.03. The molecule has 0 unspecified atom stereocenters. The molecule has 2 heterocycles. The van der Waals surface area contributed by atoms with E-state index in [2.05, 4.69) is 9.97 Å². The second-order valence-corrected chi connectivity index (χ2v) is 5.74. The second-order valence-electron chi connectivity index (χ2n) is 4.80. The first kappa shape index (κ1) is 14.4. The van der Waals surface area contributed by atoms with Gasteiger partial charge in [0.1, 0.15) is 16.5 Å². The molecule has 0 bridgehead atoms. The lowest BCUT2D eigenvalue weighted by Gasteiger charge is -2.06. The van der Waals surface area contributed by atoms with Crippen LogP contribution in [0.4, 0.5) is 0 Å². The average molecular weight is 310 g/mol. The highest BCUT2D eigenvalue weighted by molar-refractivity contribution is 7.09. The average Bonchev–Trinajstić information content (AvgIpc) is 2.93. The normalized spacial score (nSPS) is 10.4. The van der Waals surface area contributed by atoms with Crippen molar-refractivity contribution in [1.82, 2.24) is 9.97 Å². The number of ketones is 1. The minimum atomic E-state index is 0.0333. The van der Waals surface area contributed by atoms with Crippen LogP contribution in [0.5, 0.6) is 11.5 Å². The maximum absolute atomic E-state index is 12.3. The van der Waals surface area contributed by atoms with Crippen molar-refractivity contribution >= 4 is 17.1 Å². The summed E-state index contributed by atoms with van der Waals surface area (Å²) in [5.74, 6) is 1.29. The first-order valence-corrected chi connectivity index (χ1v) is 7.71. The van der Waals surface area contributed by atoms with E-state index in [9.17, 15) is 4.79 Å². The topological polar surface area (TPSA) is 52.1 Å². The van der Waals surface area contributed by atoms with Crippen molar-refractivity contribution in [2.45, 2.75) is 13.3 Å². The number of carbonyl (C=O) groups excluding carboxylic acids is 1. The molecule has 0 saturated heterocycles. The standard InChI is InChI=1S/C17H14N2O2S/c1-12-11-22-17(19-12)9-16(20)13-4-2-5-14(8-13)21-15-6-3-7-18-10-15/h2-8,10-11H,9H2,1H3. The highest BCUT2D eigenvalue weighted by atomic mass is 32.1. The van der Waals surface area contributed by atoms with Crippen LogP contribution in [0.25, 0.3) is 0 Å². The summed E-state index contributed by atoms with van der Waals surface area (Å²) in [7, 11) is 0. The summed E-state index contributed by atoms with van der Waals surface area (Å²) in [5, 5.41) is 2.78. The van der Waals surface area contributed by atoms with Crippen LogP contribution in [0.1, 0.15) is 21.1 Å². The fraction of sp³-hybridized carbons (Fsp3) is 0.118. The van der Waals surface area contributed by atoms with Crippen molar-refractivity contribution in [3.63, 3.8) is 0 Å². The molecular weight excluding hydrogens is 296 g/mol. The third kappa shape index (κ3) is 3.56. The van der Waals surface area contributed by atoms with E-state index in [1.54, 1.807) is 30.6 Å². The Morgan fingerprint density at radius 2 is 2.09 bits per heavy atom. The zero-order chi connectivity index (χ0) is 15.4. The minimum absolute atomic E-state index is 0.0333. The van der Waals surface area contributed by atoms with Gasteiger partial charge in [0.2, 0.25) is 0 Å². The fourth-order valence-electron chi connectivity index (χ4n) is 2.00. The molecule has 0 aliphatic heterocycles. The fourth-order valence-corrected chi connectivity index (χ4v) is 2.77. The van der Waals surface area contributed by atoms with Crippen LogP contribution in [0, 0.1) is 6.92 Å². The van der Waals surface area contributed by atoms with Gasteiger partial charge in [-0.15, -0.1) is 11.3 Å². The highest BCUT2D eigenvalue weighted by Gasteiger charge is 2.11. The second kappa shape index (κ2) is 6.49. The van der Waals surface area contributed by atoms with Gasteiger partial charge in [-0.3, -0.25) is 9.78 Å². The van der Waals surface area contributed by atoms with Gasteiger partial charge in [0.25, 0.3) is 0 Å². The quantitative estimate of drug-likeness (QED) is 0.667. The smallest absolute Gasteiger partial charge is 0.169 e. The number of nitrogens with zero attached hydrogens (tertiary/aromatic N) is 2. The third-order valence-electron chi connectivity index (χ3n) is 3.00. The first-order chi connectivity index (χ1) is 10.7. The Hall–Kier alpha value is -2.53. The summed E-state index contributed by atoms with van der Waals surface area (Å²) in [4.78, 5) is 20.6. The van der Waals surface area contributed by atoms with Crippen LogP contribution < -0.4 is 4.74 Å². The van der Waals surface area contributed by atoms with E-state index in [1.165, 1.54) is 11.3 Å². The molecule has 0 spiro atoms. The SMILES string of the molecule is Cc1csc(CC(=O)c2cccc(Oc3cccnc3)c2)n1. The Kier molecular flexibility index (Phi) is 4.25. The molecule has 2 aromatic heterocycles. The molecule has 3 rings (SSSR count). The molecule has 0 aliphatic carbocycles. The van der Waals surface area contributed by atoms with E-state index in [0.29, 0.717) is 23.5 Å². The molecule has 0 radical (unpaired) electrons. The van der Waals surface area contributed by atoms with Crippen molar-refractivity contribution in [3.05, 3.63) is 70.4 Å². The number of ether oxygens (including phenoxy) is 1. The van der Waals surface area contributed by atoms with Crippen molar-refractivity contribution in [1.29, 1.82) is 0 Å². The summed E-state index contributed by atoms with van der Waals surface area (Å²) >= 11 is 1.51. The maximum atomic E-state index is 12.3. The number of aryl methyl sites for hydroxylation is 1. The Morgan fingerprint density at radius 1 is 1.23 bits per heavy atom. The molecule has 110 valence electrons. The lowest BCUT2D eigenvalue weighted by molar-refractivity contribution is 0.0992. The summed E-state index contributed by atoms with van der Waals surface area (Å²) in [6.07, 6.45) is 3.63. The van der Waals surface area contributed by atoms with Crippen LogP contribution >= 0.6 is 11.3 Å². The van der Waals surface area contributed by atoms with Crippen LogP contribution in [0.15, 0.2) is 54.2 Å². The zero-order valence-electron chi connectivity index (χ0n) is 12.0. The summed E-state index contributed by atoms with van der Waals surface area (Å²) in [6.45, 7) is 1.92. The van der Waals surface area contributed by atoms with Crippen LogP contribution in [0.2, 0.25) is 0 Å². The largest absolute Gasteiger partial charge is 0.456 e. The highest BCUT2D eigenvalue weighted by Crippen LogP contribution is 2.22. The van der Waals surface area contributed by atoms with Crippen LogP contribution in [-0.2, 0) is 6.42 Å². The molecule has 22 heavy (non-hydrogen) atoms. The number of carbonyl (C=O) groups is 1. The molecule has 0 atom stereocenters. The molecule has 3 aromatic rings. The number of rotatable bonds is 5. The van der Waals surface area contributed by atoms with Crippen molar-refractivity contribution in [3.8, 4) is 11.5 Å². The lowest BCUT2D eigenvalue weighted by atomic mass is 10.1. The Morgan fingerprint density at radius 3 is 2.82 bits per heavy atom. The van der Waals surface area contributed by atoms with Gasteiger partial charge in [-0.1, -0.05) is 12.1 Å². The van der Waals surface area contributed by atoms with Gasteiger partial charge in [-0.2, -0.15) is 0 Å². The van der Waals surface area contributed by atoms with Crippen molar-refractivity contribution in [2.75, 3.05) is 0 Å². The van der Waals surface area contributed by atoms with E-state index in [4.69, 9.17) is 4.74 Å². The monoisotopic (exact) mass is 310 g/mol. The zero-order valence-corrected chi connectivity index (χ0v) is 12.8. The van der Waals surface area contributed by atoms with Crippen molar-refractivity contribution < 1.29 is 9.53 Å². The molecule has 0 aliphatic rings. The summed E-state index contributed by atoms with van der Waals surface area (Å²) < 4.78 is 5.70. The Bertz CT molecular complexity index is 784. The predicted octanol–water partition coefficient (Wildman–Crippen LogP) is 4.06. The van der Waals surface area contributed by atoms with Gasteiger partial charge in [-0.05, 0) is 31.2 Å².